The summed E-state index contributed by atoms with van der Waals surface area (Å²) in [5.74, 6) is 0. The molecule has 0 fully saturated rings. The van der Waals surface area contributed by atoms with Crippen molar-refractivity contribution in [2.24, 2.45) is 0 Å². The van der Waals surface area contributed by atoms with Crippen molar-refractivity contribution in [1.82, 2.24) is 0 Å². The monoisotopic (exact) mass is 235 g/mol. The van der Waals surface area contributed by atoms with E-state index in [0.717, 1.165) is 0 Å². The van der Waals surface area contributed by atoms with Gasteiger partial charge in [-0.2, -0.15) is 39.5 Å². The average molecular weight is 235 g/mol. The van der Waals surface area contributed by atoms with Crippen LogP contribution in [-0.2, 0) is 4.74 Å². The third-order valence-corrected chi connectivity index (χ3v) is 0.806. The lowest BCUT2D eigenvalue weighted by Gasteiger charge is -2.23. The number of alkyl halides is 7. The molecule has 0 unspecified atom stereocenters. The summed E-state index contributed by atoms with van der Waals surface area (Å²) in [6.07, 6.45) is -22.8. The minimum absolute atomic E-state index is 1.67. The van der Waals surface area contributed by atoms with Crippen LogP contribution in [0.25, 0.3) is 0 Å². The van der Waals surface area contributed by atoms with Crippen molar-refractivity contribution in [3.05, 3.63) is 6.43 Å². The molecule has 0 spiro atoms. The van der Waals surface area contributed by atoms with Crippen molar-refractivity contribution in [3.63, 3.8) is 0 Å². The summed E-state index contributed by atoms with van der Waals surface area (Å²) >= 11 is 0. The first kappa shape index (κ1) is 13.3. The predicted octanol–water partition coefficient (Wildman–Crippen LogP) is 3.18. The van der Waals surface area contributed by atoms with Crippen LogP contribution >= 0.6 is 0 Å². The normalized spacial score (nSPS) is 15.0. The highest BCUT2D eigenvalue weighted by Gasteiger charge is 2.66. The van der Waals surface area contributed by atoms with Crippen LogP contribution in [0.15, 0.2) is 0 Å². The molecule has 85 valence electrons. The highest BCUT2D eigenvalue weighted by Crippen LogP contribution is 2.43. The molecule has 14 heavy (non-hydrogen) atoms. The van der Waals surface area contributed by atoms with Crippen LogP contribution in [-0.4, -0.2) is 18.4 Å². The van der Waals surface area contributed by atoms with Gasteiger partial charge in [-0.05, 0) is 0 Å². The summed E-state index contributed by atoms with van der Waals surface area (Å²) in [6, 6.07) is 0. The molecular weight excluding hydrogens is 235 g/mol. The summed E-state index contributed by atoms with van der Waals surface area (Å²) in [5.41, 5.74) is 0. The van der Waals surface area contributed by atoms with Crippen LogP contribution in [0.1, 0.15) is 0 Å². The van der Waals surface area contributed by atoms with Gasteiger partial charge in [-0.1, -0.05) is 0 Å². The number of halogens is 9. The third kappa shape index (κ3) is 2.93. The molecule has 0 heterocycles. The van der Waals surface area contributed by atoms with E-state index in [1.54, 1.807) is 4.74 Å². The van der Waals surface area contributed by atoms with Crippen molar-refractivity contribution < 1.29 is 44.3 Å². The first-order chi connectivity index (χ1) is 5.90. The molecule has 0 aromatic carbocycles. The van der Waals surface area contributed by atoms with Crippen LogP contribution < -0.4 is 0 Å². The zero-order chi connectivity index (χ0) is 11.8. The Hall–Kier alpha value is -0.670. The molecule has 10 heteroatoms. The van der Waals surface area contributed by atoms with Crippen LogP contribution in [0.5, 0.6) is 0 Å². The number of ether oxygens (including phenoxy) is 1. The zero-order valence-corrected chi connectivity index (χ0v) is 5.81. The Morgan fingerprint density at radius 1 is 0.786 bits per heavy atom. The molecule has 0 amide bonds. The van der Waals surface area contributed by atoms with Crippen molar-refractivity contribution in [1.29, 1.82) is 0 Å². The fraction of sp³-hybridized carbons (Fsp3) is 0.750. The van der Waals surface area contributed by atoms with E-state index in [-0.39, 0.29) is 0 Å². The Morgan fingerprint density at radius 2 is 1.14 bits per heavy atom. The lowest BCUT2D eigenvalue weighted by molar-refractivity contribution is -0.459. The zero-order valence-electron chi connectivity index (χ0n) is 5.81. The summed E-state index contributed by atoms with van der Waals surface area (Å²) in [6.45, 7) is 0. The lowest BCUT2D eigenvalue weighted by atomic mass is 10.5. The topological polar surface area (TPSA) is 9.23 Å². The van der Waals surface area contributed by atoms with Gasteiger partial charge < -0.3 is 0 Å². The van der Waals surface area contributed by atoms with Gasteiger partial charge in [0.2, 0.25) is 0 Å². The third-order valence-electron chi connectivity index (χ3n) is 0.806. The van der Waals surface area contributed by atoms with E-state index in [4.69, 9.17) is 0 Å². The molecule has 0 atom stereocenters. The predicted molar refractivity (Wildman–Crippen MR) is 22.5 cm³/mol. The number of rotatable bonds is 3. The van der Waals surface area contributed by atoms with Gasteiger partial charge in [0.1, 0.15) is 0 Å². The molecule has 0 aliphatic heterocycles. The van der Waals surface area contributed by atoms with E-state index in [9.17, 15) is 39.5 Å². The maximum absolute atomic E-state index is 11.6. The Bertz CT molecular complexity index is 193. The quantitative estimate of drug-likeness (QED) is 0.682. The van der Waals surface area contributed by atoms with Gasteiger partial charge >= 0.3 is 24.8 Å². The molecule has 0 aromatic heterocycles. The first-order valence-electron chi connectivity index (χ1n) is 2.61. The van der Waals surface area contributed by atoms with Crippen LogP contribution in [0.4, 0.5) is 39.5 Å². The van der Waals surface area contributed by atoms with E-state index < -0.39 is 24.8 Å². The van der Waals surface area contributed by atoms with E-state index in [2.05, 4.69) is 0 Å². The van der Waals surface area contributed by atoms with E-state index in [1.165, 1.54) is 0 Å². The second-order valence-electron chi connectivity index (χ2n) is 1.89. The molecule has 0 rings (SSSR count). The van der Waals surface area contributed by atoms with Crippen molar-refractivity contribution in [3.8, 4) is 0 Å². The lowest BCUT2D eigenvalue weighted by Crippen LogP contribution is -2.45. The summed E-state index contributed by atoms with van der Waals surface area (Å²) in [4.78, 5) is 0. The highest BCUT2D eigenvalue weighted by molar-refractivity contribution is 4.77. The second kappa shape index (κ2) is 3.48. The van der Waals surface area contributed by atoms with E-state index in [0.29, 0.717) is 0 Å². The standard InChI is InChI=1S/C4F9O/c5-1(6)2(7,8)14-4(12,13)3(9,10)11. The first-order valence-corrected chi connectivity index (χ1v) is 2.61. The number of hydrogen-bond donors (Lipinski definition) is 0. The molecule has 0 aliphatic carbocycles. The smallest absolute Gasteiger partial charge is 0.243 e. The molecule has 1 radical (unpaired) electrons. The molecule has 0 saturated heterocycles. The SMILES string of the molecule is F[C](F)C(F)(F)OC(F)(F)C(F)(F)F. The Morgan fingerprint density at radius 3 is 1.36 bits per heavy atom. The van der Waals surface area contributed by atoms with Crippen LogP contribution in [0, 0.1) is 6.43 Å². The fourth-order valence-electron chi connectivity index (χ4n) is 0.257. The Kier molecular flexibility index (Phi) is 3.31. The van der Waals surface area contributed by atoms with E-state index >= 15 is 0 Å². The molecule has 0 saturated carbocycles. The molecule has 0 bridgehead atoms. The fourth-order valence-corrected chi connectivity index (χ4v) is 0.257. The van der Waals surface area contributed by atoms with Gasteiger partial charge in [0.05, 0.1) is 0 Å². The van der Waals surface area contributed by atoms with Crippen molar-refractivity contribution in [2.75, 3.05) is 0 Å². The van der Waals surface area contributed by atoms with Gasteiger partial charge in [-0.3, -0.25) is 0 Å². The summed E-state index contributed by atoms with van der Waals surface area (Å²) in [5, 5.41) is 0. The molecule has 1 nitrogen and oxygen atoms in total. The maximum Gasteiger partial charge on any atom is 0.483 e. The highest BCUT2D eigenvalue weighted by atomic mass is 19.4. The summed E-state index contributed by atoms with van der Waals surface area (Å²) in [7, 11) is 0. The second-order valence-corrected chi connectivity index (χ2v) is 1.89. The van der Waals surface area contributed by atoms with Crippen LogP contribution in [0.3, 0.4) is 0 Å². The van der Waals surface area contributed by atoms with Gasteiger partial charge in [0, 0.05) is 0 Å². The molecule has 0 aromatic rings. The minimum Gasteiger partial charge on any atom is -0.243 e. The average Bonchev–Trinajstić information content (AvgIpc) is 1.80. The number of hydrogen-bond acceptors (Lipinski definition) is 1. The van der Waals surface area contributed by atoms with Gasteiger partial charge in [-0.15, -0.1) is 0 Å². The molecule has 0 aliphatic rings. The van der Waals surface area contributed by atoms with E-state index in [1.807, 2.05) is 0 Å². The van der Waals surface area contributed by atoms with Crippen molar-refractivity contribution >= 4 is 0 Å². The summed E-state index contributed by atoms with van der Waals surface area (Å²) < 4.78 is 104. The molecule has 0 N–H and O–H groups in total. The van der Waals surface area contributed by atoms with Gasteiger partial charge in [0.25, 0.3) is 0 Å². The molecular formula is C4F9O. The Labute approximate surface area is 70.4 Å². The van der Waals surface area contributed by atoms with Gasteiger partial charge in [-0.25, -0.2) is 4.74 Å². The Balaban J connectivity index is 4.67. The minimum atomic E-state index is -6.49. The van der Waals surface area contributed by atoms with Crippen molar-refractivity contribution in [2.45, 2.75) is 18.4 Å². The van der Waals surface area contributed by atoms with Crippen LogP contribution in [0.2, 0.25) is 0 Å². The maximum atomic E-state index is 11.6. The van der Waals surface area contributed by atoms with Gasteiger partial charge in [0.15, 0.2) is 0 Å². The largest absolute Gasteiger partial charge is 0.483 e.